The number of ether oxygens (including phenoxy) is 1. The second kappa shape index (κ2) is 4.66. The normalized spacial score (nSPS) is 9.93. The summed E-state index contributed by atoms with van der Waals surface area (Å²) >= 11 is 9.00. The zero-order chi connectivity index (χ0) is 10.7. The zero-order valence-electron chi connectivity index (χ0n) is 7.38. The van der Waals surface area contributed by atoms with Crippen LogP contribution in [-0.2, 0) is 5.33 Å². The summed E-state index contributed by atoms with van der Waals surface area (Å²) in [5, 5.41) is 9.77. The lowest BCUT2D eigenvalue weighted by Crippen LogP contribution is -2.02. The molecule has 5 heteroatoms. The topological polar surface area (TPSA) is 46.5 Å². The Kier molecular flexibility index (Phi) is 3.77. The molecule has 14 heavy (non-hydrogen) atoms. The Balaban J connectivity index is 3.39. The highest BCUT2D eigenvalue weighted by atomic mass is 79.9. The first-order valence-electron chi connectivity index (χ1n) is 3.75. The molecule has 0 fully saturated rings. The van der Waals surface area contributed by atoms with Crippen molar-refractivity contribution in [2.45, 2.75) is 5.33 Å². The number of benzene rings is 1. The highest BCUT2D eigenvalue weighted by Crippen LogP contribution is 2.29. The lowest BCUT2D eigenvalue weighted by molar-refractivity contribution is 0.0693. The summed E-state index contributed by atoms with van der Waals surface area (Å²) in [5.41, 5.74) is 0.798. The molecular weight excluding hydrogens is 271 g/mol. The highest BCUT2D eigenvalue weighted by molar-refractivity contribution is 9.08. The predicted octanol–water partition coefficient (Wildman–Crippen LogP) is 2.94. The van der Waals surface area contributed by atoms with Gasteiger partial charge >= 0.3 is 5.97 Å². The first-order valence-corrected chi connectivity index (χ1v) is 5.25. The number of alkyl halides is 1. The molecule has 0 aliphatic carbocycles. The van der Waals surface area contributed by atoms with Gasteiger partial charge in [0.25, 0.3) is 0 Å². The van der Waals surface area contributed by atoms with Crippen LogP contribution < -0.4 is 4.74 Å². The summed E-state index contributed by atoms with van der Waals surface area (Å²) in [5.74, 6) is -0.703. The Hall–Kier alpha value is -0.740. The lowest BCUT2D eigenvalue weighted by atomic mass is 10.1. The van der Waals surface area contributed by atoms with E-state index in [-0.39, 0.29) is 5.56 Å². The van der Waals surface area contributed by atoms with Gasteiger partial charge in [0, 0.05) is 15.9 Å². The van der Waals surface area contributed by atoms with Crippen molar-refractivity contribution in [3.63, 3.8) is 0 Å². The molecule has 0 saturated heterocycles. The molecule has 0 atom stereocenters. The molecule has 0 bridgehead atoms. The van der Waals surface area contributed by atoms with Gasteiger partial charge in [0.2, 0.25) is 0 Å². The average Bonchev–Trinajstić information content (AvgIpc) is 2.16. The van der Waals surface area contributed by atoms with Gasteiger partial charge in [-0.05, 0) is 12.1 Å². The third-order valence-electron chi connectivity index (χ3n) is 1.71. The zero-order valence-corrected chi connectivity index (χ0v) is 9.72. The molecule has 1 rings (SSSR count). The largest absolute Gasteiger partial charge is 0.496 e. The molecule has 0 aromatic heterocycles. The number of carboxylic acid groups (broad SMARTS) is 1. The van der Waals surface area contributed by atoms with E-state index < -0.39 is 5.97 Å². The molecule has 0 aliphatic heterocycles. The summed E-state index contributed by atoms with van der Waals surface area (Å²) in [6, 6.07) is 3.04. The molecule has 0 amide bonds. The van der Waals surface area contributed by atoms with E-state index in [0.29, 0.717) is 16.1 Å². The number of rotatable bonds is 3. The van der Waals surface area contributed by atoms with Crippen molar-refractivity contribution in [2.24, 2.45) is 0 Å². The molecule has 1 aromatic carbocycles. The van der Waals surface area contributed by atoms with Gasteiger partial charge in [-0.1, -0.05) is 27.5 Å². The van der Waals surface area contributed by atoms with Crippen molar-refractivity contribution in [1.82, 2.24) is 0 Å². The van der Waals surface area contributed by atoms with Gasteiger partial charge in [0.15, 0.2) is 0 Å². The van der Waals surface area contributed by atoms with Crippen LogP contribution in [0.3, 0.4) is 0 Å². The first-order chi connectivity index (χ1) is 6.60. The van der Waals surface area contributed by atoms with E-state index in [9.17, 15) is 4.79 Å². The second-order valence-corrected chi connectivity index (χ2v) is 3.58. The highest BCUT2D eigenvalue weighted by Gasteiger charge is 2.15. The van der Waals surface area contributed by atoms with E-state index in [2.05, 4.69) is 15.9 Å². The Morgan fingerprint density at radius 3 is 2.71 bits per heavy atom. The Labute approximate surface area is 94.8 Å². The summed E-state index contributed by atoms with van der Waals surface area (Å²) in [4.78, 5) is 10.8. The van der Waals surface area contributed by atoms with Crippen LogP contribution in [-0.4, -0.2) is 18.2 Å². The van der Waals surface area contributed by atoms with E-state index in [0.717, 1.165) is 5.56 Å². The van der Waals surface area contributed by atoms with Crippen LogP contribution in [0.15, 0.2) is 12.1 Å². The van der Waals surface area contributed by atoms with E-state index in [1.165, 1.54) is 13.2 Å². The van der Waals surface area contributed by atoms with Gasteiger partial charge in [-0.3, -0.25) is 0 Å². The number of hydrogen-bond acceptors (Lipinski definition) is 2. The minimum atomic E-state index is -1.05. The molecule has 0 heterocycles. The molecule has 0 radical (unpaired) electrons. The Bertz CT molecular complexity index is 365. The van der Waals surface area contributed by atoms with Crippen LogP contribution >= 0.6 is 27.5 Å². The number of halogens is 2. The number of carbonyl (C=O) groups is 1. The molecular formula is C9H8BrClO3. The molecule has 0 aliphatic rings. The van der Waals surface area contributed by atoms with Crippen molar-refractivity contribution in [2.75, 3.05) is 7.11 Å². The van der Waals surface area contributed by atoms with Gasteiger partial charge < -0.3 is 9.84 Å². The van der Waals surface area contributed by atoms with Gasteiger partial charge in [0.1, 0.15) is 11.3 Å². The van der Waals surface area contributed by atoms with E-state index in [1.54, 1.807) is 6.07 Å². The summed E-state index contributed by atoms with van der Waals surface area (Å²) < 4.78 is 5.01. The fourth-order valence-corrected chi connectivity index (χ4v) is 1.81. The molecule has 0 spiro atoms. The molecule has 1 aromatic rings. The monoisotopic (exact) mass is 278 g/mol. The lowest BCUT2D eigenvalue weighted by Gasteiger charge is -2.09. The summed E-state index contributed by atoms with van der Waals surface area (Å²) in [6.07, 6.45) is 0. The molecule has 0 unspecified atom stereocenters. The van der Waals surface area contributed by atoms with Crippen LogP contribution in [0.2, 0.25) is 5.02 Å². The van der Waals surface area contributed by atoms with Gasteiger partial charge in [-0.2, -0.15) is 0 Å². The average molecular weight is 280 g/mol. The smallest absolute Gasteiger partial charge is 0.339 e. The molecule has 1 N–H and O–H groups in total. The van der Waals surface area contributed by atoms with Crippen molar-refractivity contribution in [3.05, 3.63) is 28.3 Å². The maximum atomic E-state index is 10.8. The maximum absolute atomic E-state index is 10.8. The van der Waals surface area contributed by atoms with Crippen molar-refractivity contribution < 1.29 is 14.6 Å². The van der Waals surface area contributed by atoms with E-state index in [4.69, 9.17) is 21.4 Å². The molecule has 76 valence electrons. The van der Waals surface area contributed by atoms with Crippen LogP contribution in [0.5, 0.6) is 5.75 Å². The standard InChI is InChI=1S/C9H8BrClO3/c1-14-8-5(4-10)2-6(11)3-7(8)9(12)13/h2-3H,4H2,1H3,(H,12,13). The van der Waals surface area contributed by atoms with E-state index >= 15 is 0 Å². The van der Waals surface area contributed by atoms with E-state index in [1.807, 2.05) is 0 Å². The minimum absolute atomic E-state index is 0.0782. The molecule has 3 nitrogen and oxygen atoms in total. The first kappa shape index (κ1) is 11.3. The van der Waals surface area contributed by atoms with Gasteiger partial charge in [-0.25, -0.2) is 4.79 Å². The SMILES string of the molecule is COc1c(CBr)cc(Cl)cc1C(=O)O. The van der Waals surface area contributed by atoms with Crippen molar-refractivity contribution in [1.29, 1.82) is 0 Å². The summed E-state index contributed by atoms with van der Waals surface area (Å²) in [7, 11) is 1.43. The number of methoxy groups -OCH3 is 1. The quantitative estimate of drug-likeness (QED) is 0.865. The minimum Gasteiger partial charge on any atom is -0.496 e. The van der Waals surface area contributed by atoms with Gasteiger partial charge in [-0.15, -0.1) is 0 Å². The van der Waals surface area contributed by atoms with Crippen LogP contribution in [0.25, 0.3) is 0 Å². The maximum Gasteiger partial charge on any atom is 0.339 e. The van der Waals surface area contributed by atoms with Crippen LogP contribution in [0.4, 0.5) is 0 Å². The fourth-order valence-electron chi connectivity index (χ4n) is 1.15. The Morgan fingerprint density at radius 2 is 2.29 bits per heavy atom. The number of carboxylic acids is 1. The Morgan fingerprint density at radius 1 is 1.64 bits per heavy atom. The van der Waals surface area contributed by atoms with Crippen molar-refractivity contribution >= 4 is 33.5 Å². The van der Waals surface area contributed by atoms with Gasteiger partial charge in [0.05, 0.1) is 7.11 Å². The van der Waals surface area contributed by atoms with Crippen molar-refractivity contribution in [3.8, 4) is 5.75 Å². The van der Waals surface area contributed by atoms with Crippen LogP contribution in [0, 0.1) is 0 Å². The van der Waals surface area contributed by atoms with Crippen LogP contribution in [0.1, 0.15) is 15.9 Å². The fraction of sp³-hybridized carbons (Fsp3) is 0.222. The summed E-state index contributed by atoms with van der Waals surface area (Å²) in [6.45, 7) is 0. The third-order valence-corrected chi connectivity index (χ3v) is 2.53. The number of hydrogen-bond donors (Lipinski definition) is 1. The predicted molar refractivity (Wildman–Crippen MR) is 57.6 cm³/mol. The second-order valence-electron chi connectivity index (χ2n) is 2.58. The number of aromatic carboxylic acids is 1. The third kappa shape index (κ3) is 2.19. The molecule has 0 saturated carbocycles.